The summed E-state index contributed by atoms with van der Waals surface area (Å²) >= 11 is 1.54. The summed E-state index contributed by atoms with van der Waals surface area (Å²) in [6, 6.07) is 0. The summed E-state index contributed by atoms with van der Waals surface area (Å²) in [7, 11) is 0. The van der Waals surface area contributed by atoms with Crippen molar-refractivity contribution in [3.05, 3.63) is 16.0 Å². The van der Waals surface area contributed by atoms with E-state index in [0.717, 1.165) is 18.4 Å². The molecule has 2 rings (SSSR count). The van der Waals surface area contributed by atoms with Crippen LogP contribution in [0.25, 0.3) is 0 Å². The van der Waals surface area contributed by atoms with Gasteiger partial charge < -0.3 is 10.1 Å². The quantitative estimate of drug-likeness (QED) is 0.799. The molecule has 1 aliphatic rings. The van der Waals surface area contributed by atoms with Crippen molar-refractivity contribution in [1.29, 1.82) is 0 Å². The average Bonchev–Trinajstić information content (AvgIpc) is 2.81. The number of rotatable bonds is 6. The van der Waals surface area contributed by atoms with E-state index in [1.807, 2.05) is 0 Å². The Labute approximate surface area is 136 Å². The highest BCUT2D eigenvalue weighted by Crippen LogP contribution is 2.41. The Morgan fingerprint density at radius 3 is 2.77 bits per heavy atom. The van der Waals surface area contributed by atoms with Gasteiger partial charge in [0.25, 0.3) is 0 Å². The maximum absolute atomic E-state index is 12.3. The van der Waals surface area contributed by atoms with Crippen LogP contribution in [-0.2, 0) is 22.4 Å². The van der Waals surface area contributed by atoms with Crippen molar-refractivity contribution in [3.8, 4) is 0 Å². The molecule has 0 radical (unpaired) electrons. The van der Waals surface area contributed by atoms with Gasteiger partial charge >= 0.3 is 5.97 Å². The fraction of sp³-hybridized carbons (Fsp3) is 0.647. The van der Waals surface area contributed by atoms with E-state index in [-0.39, 0.29) is 11.9 Å². The minimum absolute atomic E-state index is 0.147. The van der Waals surface area contributed by atoms with Crippen LogP contribution in [-0.4, -0.2) is 18.5 Å². The van der Waals surface area contributed by atoms with Crippen molar-refractivity contribution in [2.24, 2.45) is 5.92 Å². The molecule has 0 saturated carbocycles. The van der Waals surface area contributed by atoms with Crippen LogP contribution in [0, 0.1) is 5.92 Å². The van der Waals surface area contributed by atoms with Crippen molar-refractivity contribution in [2.75, 3.05) is 11.9 Å². The molecule has 1 heterocycles. The summed E-state index contributed by atoms with van der Waals surface area (Å²) in [4.78, 5) is 25.0. The molecule has 22 heavy (non-hydrogen) atoms. The number of esters is 1. The van der Waals surface area contributed by atoms with E-state index in [4.69, 9.17) is 4.74 Å². The molecule has 0 bridgehead atoms. The van der Waals surface area contributed by atoms with Crippen LogP contribution in [0.3, 0.4) is 0 Å². The number of thiophene rings is 1. The van der Waals surface area contributed by atoms with Crippen LogP contribution in [0.15, 0.2) is 0 Å². The first kappa shape index (κ1) is 17.0. The van der Waals surface area contributed by atoms with E-state index in [0.29, 0.717) is 23.1 Å². The number of amides is 1. The fourth-order valence-corrected chi connectivity index (χ4v) is 4.34. The standard InChI is InChI=1S/C17H25NO3S/c1-4-6-7-12-8-9-14-13(10-12)15(17(20)21-5-2)16(22-14)18-11(3)19/h12H,4-10H2,1-3H3,(H,18,19). The molecular formula is C17H25NO3S. The van der Waals surface area contributed by atoms with Crippen molar-refractivity contribution in [2.45, 2.75) is 59.3 Å². The molecule has 4 nitrogen and oxygen atoms in total. The highest BCUT2D eigenvalue weighted by Gasteiger charge is 2.29. The first-order valence-electron chi connectivity index (χ1n) is 8.16. The second-order valence-electron chi connectivity index (χ2n) is 5.86. The van der Waals surface area contributed by atoms with Crippen LogP contribution in [0.1, 0.15) is 67.3 Å². The van der Waals surface area contributed by atoms with Crippen molar-refractivity contribution in [1.82, 2.24) is 0 Å². The summed E-state index contributed by atoms with van der Waals surface area (Å²) in [5, 5.41) is 3.47. The van der Waals surface area contributed by atoms with E-state index < -0.39 is 0 Å². The topological polar surface area (TPSA) is 55.4 Å². The van der Waals surface area contributed by atoms with Gasteiger partial charge in [-0.1, -0.05) is 26.2 Å². The lowest BCUT2D eigenvalue weighted by molar-refractivity contribution is -0.114. The zero-order valence-electron chi connectivity index (χ0n) is 13.7. The molecule has 1 aliphatic carbocycles. The fourth-order valence-electron chi connectivity index (χ4n) is 3.06. The van der Waals surface area contributed by atoms with Crippen LogP contribution in [0.4, 0.5) is 5.00 Å². The number of nitrogens with one attached hydrogen (secondary N) is 1. The predicted molar refractivity (Wildman–Crippen MR) is 89.6 cm³/mol. The summed E-state index contributed by atoms with van der Waals surface area (Å²) < 4.78 is 5.21. The van der Waals surface area contributed by atoms with Gasteiger partial charge in [-0.2, -0.15) is 0 Å². The lowest BCUT2D eigenvalue weighted by Gasteiger charge is -2.22. The molecule has 5 heteroatoms. The molecule has 0 aromatic carbocycles. The highest BCUT2D eigenvalue weighted by molar-refractivity contribution is 7.17. The van der Waals surface area contributed by atoms with Gasteiger partial charge in [-0.25, -0.2) is 4.79 Å². The molecule has 0 saturated heterocycles. The average molecular weight is 323 g/mol. The van der Waals surface area contributed by atoms with Crippen LogP contribution < -0.4 is 5.32 Å². The first-order valence-corrected chi connectivity index (χ1v) is 8.97. The van der Waals surface area contributed by atoms with E-state index in [2.05, 4.69) is 12.2 Å². The number of unbranched alkanes of at least 4 members (excludes halogenated alkanes) is 1. The van der Waals surface area contributed by atoms with Gasteiger partial charge in [-0.05, 0) is 37.7 Å². The molecule has 1 aromatic rings. The summed E-state index contributed by atoms with van der Waals surface area (Å²) in [6.07, 6.45) is 6.76. The maximum atomic E-state index is 12.3. The molecule has 1 unspecified atom stereocenters. The Morgan fingerprint density at radius 2 is 2.14 bits per heavy atom. The van der Waals surface area contributed by atoms with Gasteiger partial charge in [0.1, 0.15) is 5.00 Å². The molecular weight excluding hydrogens is 298 g/mol. The van der Waals surface area contributed by atoms with E-state index >= 15 is 0 Å². The van der Waals surface area contributed by atoms with E-state index in [1.54, 1.807) is 6.92 Å². The van der Waals surface area contributed by atoms with Gasteiger partial charge in [0.2, 0.25) is 5.91 Å². The lowest BCUT2D eigenvalue weighted by atomic mass is 9.83. The molecule has 1 N–H and O–H groups in total. The second-order valence-corrected chi connectivity index (χ2v) is 6.97. The normalized spacial score (nSPS) is 17.0. The SMILES string of the molecule is CCCCC1CCc2sc(NC(C)=O)c(C(=O)OCC)c2C1. The van der Waals surface area contributed by atoms with Gasteiger partial charge in [-0.3, -0.25) is 4.79 Å². The minimum atomic E-state index is -0.306. The summed E-state index contributed by atoms with van der Waals surface area (Å²) in [5.41, 5.74) is 1.71. The summed E-state index contributed by atoms with van der Waals surface area (Å²) in [6.45, 7) is 5.83. The van der Waals surface area contributed by atoms with Crippen molar-refractivity contribution in [3.63, 3.8) is 0 Å². The molecule has 122 valence electrons. The molecule has 1 aromatic heterocycles. The van der Waals surface area contributed by atoms with E-state index in [1.165, 1.54) is 48.8 Å². The second kappa shape index (κ2) is 7.77. The zero-order chi connectivity index (χ0) is 16.1. The minimum Gasteiger partial charge on any atom is -0.462 e. The Balaban J connectivity index is 2.30. The third-order valence-electron chi connectivity index (χ3n) is 4.10. The van der Waals surface area contributed by atoms with Crippen LogP contribution in [0.5, 0.6) is 0 Å². The molecule has 1 atom stereocenters. The number of anilines is 1. The Morgan fingerprint density at radius 1 is 1.36 bits per heavy atom. The number of fused-ring (bicyclic) bond motifs is 1. The molecule has 0 spiro atoms. The van der Waals surface area contributed by atoms with Gasteiger partial charge in [0.15, 0.2) is 0 Å². The van der Waals surface area contributed by atoms with Gasteiger partial charge in [0.05, 0.1) is 12.2 Å². The number of ether oxygens (including phenoxy) is 1. The smallest absolute Gasteiger partial charge is 0.341 e. The third-order valence-corrected chi connectivity index (χ3v) is 5.31. The van der Waals surface area contributed by atoms with Crippen molar-refractivity contribution < 1.29 is 14.3 Å². The van der Waals surface area contributed by atoms with Gasteiger partial charge in [-0.15, -0.1) is 11.3 Å². The first-order chi connectivity index (χ1) is 10.6. The number of hydrogen-bond donors (Lipinski definition) is 1. The summed E-state index contributed by atoms with van der Waals surface area (Å²) in [5.74, 6) is 0.187. The number of hydrogen-bond acceptors (Lipinski definition) is 4. The Hall–Kier alpha value is -1.36. The number of carbonyl (C=O) groups is 2. The predicted octanol–water partition coefficient (Wildman–Crippen LogP) is 4.18. The largest absolute Gasteiger partial charge is 0.462 e. The Kier molecular flexibility index (Phi) is 6.00. The van der Waals surface area contributed by atoms with Gasteiger partial charge in [0, 0.05) is 11.8 Å². The van der Waals surface area contributed by atoms with Crippen LogP contribution in [0.2, 0.25) is 0 Å². The van der Waals surface area contributed by atoms with E-state index in [9.17, 15) is 9.59 Å². The molecule has 0 aliphatic heterocycles. The van der Waals surface area contributed by atoms with Crippen molar-refractivity contribution >= 4 is 28.2 Å². The monoisotopic (exact) mass is 323 g/mol. The maximum Gasteiger partial charge on any atom is 0.341 e. The number of carbonyl (C=O) groups excluding carboxylic acids is 2. The zero-order valence-corrected chi connectivity index (χ0v) is 14.5. The molecule has 1 amide bonds. The Bertz CT molecular complexity index is 550. The highest BCUT2D eigenvalue weighted by atomic mass is 32.1. The van der Waals surface area contributed by atoms with Crippen LogP contribution >= 0.6 is 11.3 Å². The number of aryl methyl sites for hydroxylation is 1. The lowest BCUT2D eigenvalue weighted by Crippen LogP contribution is -2.17. The molecule has 0 fully saturated rings. The third kappa shape index (κ3) is 3.88.